The van der Waals surface area contributed by atoms with Gasteiger partial charge in [0.25, 0.3) is 0 Å². The van der Waals surface area contributed by atoms with Crippen LogP contribution in [0.25, 0.3) is 0 Å². The monoisotopic (exact) mass is 339 g/mol. The third-order valence-electron chi connectivity index (χ3n) is 4.44. The van der Waals surface area contributed by atoms with Gasteiger partial charge in [0.1, 0.15) is 5.75 Å². The predicted molar refractivity (Wildman–Crippen MR) is 88.0 cm³/mol. The lowest BCUT2D eigenvalue weighted by molar-refractivity contribution is 0.326. The SMILES string of the molecule is CCC(NCCC1CCCCC1)c1cc(Br)ccc1O. The Hall–Kier alpha value is -0.540. The first kappa shape index (κ1) is 15.8. The second-order valence-corrected chi connectivity index (χ2v) is 6.83. The highest BCUT2D eigenvalue weighted by Gasteiger charge is 2.16. The maximum Gasteiger partial charge on any atom is 0.120 e. The third-order valence-corrected chi connectivity index (χ3v) is 4.93. The highest BCUT2D eigenvalue weighted by molar-refractivity contribution is 9.10. The molecule has 1 aliphatic rings. The molecule has 1 fully saturated rings. The van der Waals surface area contributed by atoms with Crippen LogP contribution in [-0.4, -0.2) is 11.7 Å². The van der Waals surface area contributed by atoms with Gasteiger partial charge in [0.15, 0.2) is 0 Å². The lowest BCUT2D eigenvalue weighted by atomic mass is 9.87. The Bertz CT molecular complexity index is 415. The van der Waals surface area contributed by atoms with Crippen molar-refractivity contribution in [3.05, 3.63) is 28.2 Å². The molecule has 1 aromatic rings. The number of aromatic hydroxyl groups is 1. The third kappa shape index (κ3) is 4.49. The largest absolute Gasteiger partial charge is 0.508 e. The molecular weight excluding hydrogens is 314 g/mol. The van der Waals surface area contributed by atoms with Gasteiger partial charge in [-0.05, 0) is 43.5 Å². The minimum absolute atomic E-state index is 0.246. The maximum absolute atomic E-state index is 10.0. The summed E-state index contributed by atoms with van der Waals surface area (Å²) in [5.41, 5.74) is 1.01. The molecule has 3 heteroatoms. The Morgan fingerprint density at radius 2 is 2.05 bits per heavy atom. The molecule has 0 aliphatic heterocycles. The van der Waals surface area contributed by atoms with Crippen LogP contribution in [0.3, 0.4) is 0 Å². The Balaban J connectivity index is 1.86. The Kier molecular flexibility index (Phi) is 6.37. The van der Waals surface area contributed by atoms with E-state index in [4.69, 9.17) is 0 Å². The molecule has 2 nitrogen and oxygen atoms in total. The number of hydrogen-bond donors (Lipinski definition) is 2. The summed E-state index contributed by atoms with van der Waals surface area (Å²) in [6.45, 7) is 3.22. The van der Waals surface area contributed by atoms with E-state index in [-0.39, 0.29) is 6.04 Å². The van der Waals surface area contributed by atoms with Gasteiger partial charge in [-0.1, -0.05) is 55.0 Å². The van der Waals surface area contributed by atoms with Crippen molar-refractivity contribution in [2.45, 2.75) is 57.9 Å². The van der Waals surface area contributed by atoms with Gasteiger partial charge in [0.05, 0.1) is 0 Å². The fraction of sp³-hybridized carbons (Fsp3) is 0.647. The lowest BCUT2D eigenvalue weighted by Crippen LogP contribution is -2.24. The number of halogens is 1. The van der Waals surface area contributed by atoms with Crippen molar-refractivity contribution in [3.8, 4) is 5.75 Å². The zero-order valence-electron chi connectivity index (χ0n) is 12.4. The van der Waals surface area contributed by atoms with Crippen molar-refractivity contribution in [3.63, 3.8) is 0 Å². The molecular formula is C17H26BrNO. The molecule has 0 amide bonds. The second-order valence-electron chi connectivity index (χ2n) is 5.91. The van der Waals surface area contributed by atoms with Crippen molar-refractivity contribution in [1.29, 1.82) is 0 Å². The van der Waals surface area contributed by atoms with Crippen LogP contribution >= 0.6 is 15.9 Å². The Morgan fingerprint density at radius 3 is 2.75 bits per heavy atom. The number of phenols is 1. The van der Waals surface area contributed by atoms with Crippen LogP contribution in [0, 0.1) is 5.92 Å². The van der Waals surface area contributed by atoms with Crippen molar-refractivity contribution in [2.75, 3.05) is 6.54 Å². The van der Waals surface area contributed by atoms with E-state index in [1.165, 1.54) is 38.5 Å². The molecule has 112 valence electrons. The molecule has 2 N–H and O–H groups in total. The lowest BCUT2D eigenvalue weighted by Gasteiger charge is -2.24. The zero-order chi connectivity index (χ0) is 14.4. The first-order valence-electron chi connectivity index (χ1n) is 7.92. The molecule has 1 atom stereocenters. The van der Waals surface area contributed by atoms with E-state index in [1.54, 1.807) is 6.07 Å². The molecule has 0 spiro atoms. The van der Waals surface area contributed by atoms with E-state index in [9.17, 15) is 5.11 Å². The molecule has 0 aromatic heterocycles. The first-order chi connectivity index (χ1) is 9.70. The van der Waals surface area contributed by atoms with Crippen molar-refractivity contribution in [1.82, 2.24) is 5.32 Å². The van der Waals surface area contributed by atoms with Gasteiger partial charge in [0, 0.05) is 16.1 Å². The van der Waals surface area contributed by atoms with E-state index >= 15 is 0 Å². The van der Waals surface area contributed by atoms with E-state index < -0.39 is 0 Å². The van der Waals surface area contributed by atoms with Crippen LogP contribution in [0.5, 0.6) is 5.75 Å². The molecule has 1 aromatic carbocycles. The molecule has 1 unspecified atom stereocenters. The standard InChI is InChI=1S/C17H26BrNO/c1-2-16(15-12-14(18)8-9-17(15)20)19-11-10-13-6-4-3-5-7-13/h8-9,12-13,16,19-20H,2-7,10-11H2,1H3. The zero-order valence-corrected chi connectivity index (χ0v) is 14.0. The van der Waals surface area contributed by atoms with Gasteiger partial charge in [-0.2, -0.15) is 0 Å². The molecule has 2 rings (SSSR count). The van der Waals surface area contributed by atoms with Crippen molar-refractivity contribution in [2.24, 2.45) is 5.92 Å². The Labute approximate surface area is 131 Å². The van der Waals surface area contributed by atoms with Gasteiger partial charge in [-0.3, -0.25) is 0 Å². The Morgan fingerprint density at radius 1 is 1.30 bits per heavy atom. The van der Waals surface area contributed by atoms with Gasteiger partial charge in [-0.25, -0.2) is 0 Å². The number of benzene rings is 1. The smallest absolute Gasteiger partial charge is 0.120 e. The number of phenolic OH excluding ortho intramolecular Hbond substituents is 1. The van der Waals surface area contributed by atoms with Gasteiger partial charge < -0.3 is 10.4 Å². The minimum atomic E-state index is 0.246. The molecule has 0 saturated heterocycles. The van der Waals surface area contributed by atoms with Crippen molar-refractivity contribution < 1.29 is 5.11 Å². The van der Waals surface area contributed by atoms with Gasteiger partial charge in [0.2, 0.25) is 0 Å². The normalized spacial score (nSPS) is 18.1. The van der Waals surface area contributed by atoms with Gasteiger partial charge in [-0.15, -0.1) is 0 Å². The average Bonchev–Trinajstić information content (AvgIpc) is 2.48. The summed E-state index contributed by atoms with van der Waals surface area (Å²) < 4.78 is 1.03. The quantitative estimate of drug-likeness (QED) is 0.749. The summed E-state index contributed by atoms with van der Waals surface area (Å²) in [6.07, 6.45) is 9.32. The van der Waals surface area contributed by atoms with Crippen LogP contribution < -0.4 is 5.32 Å². The summed E-state index contributed by atoms with van der Waals surface area (Å²) in [7, 11) is 0. The van der Waals surface area contributed by atoms with E-state index in [0.717, 1.165) is 28.9 Å². The molecule has 0 bridgehead atoms. The van der Waals surface area contributed by atoms with Crippen LogP contribution in [0.15, 0.2) is 22.7 Å². The van der Waals surface area contributed by atoms with E-state index in [2.05, 4.69) is 28.2 Å². The summed E-state index contributed by atoms with van der Waals surface area (Å²) in [5, 5.41) is 13.6. The molecule has 20 heavy (non-hydrogen) atoms. The fourth-order valence-electron chi connectivity index (χ4n) is 3.22. The number of rotatable bonds is 6. The van der Waals surface area contributed by atoms with Crippen LogP contribution in [-0.2, 0) is 0 Å². The molecule has 1 saturated carbocycles. The predicted octanol–water partition coefficient (Wildman–Crippen LogP) is 5.17. The van der Waals surface area contributed by atoms with E-state index in [0.29, 0.717) is 5.75 Å². The summed E-state index contributed by atoms with van der Waals surface area (Å²) in [6, 6.07) is 5.92. The summed E-state index contributed by atoms with van der Waals surface area (Å²) >= 11 is 3.49. The topological polar surface area (TPSA) is 32.3 Å². The number of hydrogen-bond acceptors (Lipinski definition) is 2. The maximum atomic E-state index is 10.0. The average molecular weight is 340 g/mol. The second kappa shape index (κ2) is 8.04. The summed E-state index contributed by atoms with van der Waals surface area (Å²) in [5.74, 6) is 1.30. The highest BCUT2D eigenvalue weighted by atomic mass is 79.9. The minimum Gasteiger partial charge on any atom is -0.508 e. The summed E-state index contributed by atoms with van der Waals surface area (Å²) in [4.78, 5) is 0. The van der Waals surface area contributed by atoms with Crippen LogP contribution in [0.2, 0.25) is 0 Å². The van der Waals surface area contributed by atoms with Gasteiger partial charge >= 0.3 is 0 Å². The van der Waals surface area contributed by atoms with Crippen molar-refractivity contribution >= 4 is 15.9 Å². The molecule has 1 aliphatic carbocycles. The van der Waals surface area contributed by atoms with E-state index in [1.807, 2.05) is 12.1 Å². The molecule has 0 radical (unpaired) electrons. The highest BCUT2D eigenvalue weighted by Crippen LogP contribution is 2.30. The number of nitrogens with one attached hydrogen (secondary N) is 1. The fourth-order valence-corrected chi connectivity index (χ4v) is 3.59. The molecule has 0 heterocycles. The first-order valence-corrected chi connectivity index (χ1v) is 8.71. The van der Waals surface area contributed by atoms with Crippen LogP contribution in [0.1, 0.15) is 63.5 Å². The van der Waals surface area contributed by atoms with Crippen LogP contribution in [0.4, 0.5) is 0 Å².